The molecule has 108 valence electrons. The Kier molecular flexibility index (Phi) is 3.09. The molecule has 1 N–H and O–H groups in total. The predicted molar refractivity (Wildman–Crippen MR) is 75.0 cm³/mol. The van der Waals surface area contributed by atoms with Crippen molar-refractivity contribution in [3.63, 3.8) is 0 Å². The van der Waals surface area contributed by atoms with Gasteiger partial charge in [0.2, 0.25) is 0 Å². The molecule has 5 heteroatoms. The van der Waals surface area contributed by atoms with E-state index >= 15 is 0 Å². The Balaban J connectivity index is 2.14. The highest BCUT2D eigenvalue weighted by Crippen LogP contribution is 2.48. The molecule has 0 saturated carbocycles. The first-order valence-electron chi connectivity index (χ1n) is 6.77. The molecule has 0 radical (unpaired) electrons. The number of carbonyl (C=O) groups is 1. The third kappa shape index (κ3) is 1.94. The van der Waals surface area contributed by atoms with Gasteiger partial charge in [0.25, 0.3) is 0 Å². The number of carboxylic acid groups (broad SMARTS) is 1. The second-order valence-electron chi connectivity index (χ2n) is 5.97. The van der Waals surface area contributed by atoms with Crippen molar-refractivity contribution in [1.82, 2.24) is 0 Å². The third-order valence-electron chi connectivity index (χ3n) is 4.05. The molecule has 0 saturated heterocycles. The Hall–Kier alpha value is -1.42. The van der Waals surface area contributed by atoms with Crippen LogP contribution in [0.4, 0.5) is 0 Å². The number of fused-ring (bicyclic) bond motifs is 2. The Bertz CT molecular complexity index is 557. The molecule has 0 unspecified atom stereocenters. The van der Waals surface area contributed by atoms with Crippen molar-refractivity contribution >= 4 is 17.6 Å². The van der Waals surface area contributed by atoms with Gasteiger partial charge in [-0.25, -0.2) is 0 Å². The van der Waals surface area contributed by atoms with E-state index in [4.69, 9.17) is 21.1 Å². The van der Waals surface area contributed by atoms with Gasteiger partial charge in [-0.05, 0) is 20.3 Å². The van der Waals surface area contributed by atoms with Crippen molar-refractivity contribution in [3.8, 4) is 11.5 Å². The Morgan fingerprint density at radius 3 is 2.45 bits per heavy atom. The van der Waals surface area contributed by atoms with Crippen molar-refractivity contribution in [3.05, 3.63) is 21.7 Å². The summed E-state index contributed by atoms with van der Waals surface area (Å²) < 4.78 is 11.4. The van der Waals surface area contributed by atoms with Crippen LogP contribution in [0.2, 0.25) is 5.02 Å². The fraction of sp³-hybridized carbons (Fsp3) is 0.533. The molecule has 4 nitrogen and oxygen atoms in total. The maximum Gasteiger partial charge on any atom is 0.309 e. The molecule has 3 rings (SSSR count). The lowest BCUT2D eigenvalue weighted by Crippen LogP contribution is -2.27. The van der Waals surface area contributed by atoms with Gasteiger partial charge in [-0.1, -0.05) is 11.6 Å². The number of rotatable bonds is 3. The van der Waals surface area contributed by atoms with E-state index in [1.807, 2.05) is 0 Å². The average molecular weight is 297 g/mol. The standard InChI is InChI=1S/C15H17ClO4/c1-15(2,14(17)18)7-10-8-3-5-20-13(8)11(16)9-4-6-19-12(9)10/h3-7H2,1-2H3,(H,17,18). The minimum Gasteiger partial charge on any atom is -0.493 e. The Morgan fingerprint density at radius 2 is 1.80 bits per heavy atom. The van der Waals surface area contributed by atoms with E-state index in [-0.39, 0.29) is 0 Å². The van der Waals surface area contributed by atoms with Crippen LogP contribution in [-0.2, 0) is 24.1 Å². The van der Waals surface area contributed by atoms with Gasteiger partial charge in [-0.15, -0.1) is 0 Å². The molecule has 1 aromatic rings. The molecule has 0 aromatic heterocycles. The first-order valence-corrected chi connectivity index (χ1v) is 7.14. The summed E-state index contributed by atoms with van der Waals surface area (Å²) in [5.74, 6) is 0.701. The molecule has 0 atom stereocenters. The molecule has 0 fully saturated rings. The normalized spacial score (nSPS) is 16.4. The molecule has 0 amide bonds. The highest BCUT2D eigenvalue weighted by atomic mass is 35.5. The average Bonchev–Trinajstić information content (AvgIpc) is 3.03. The lowest BCUT2D eigenvalue weighted by atomic mass is 9.82. The topological polar surface area (TPSA) is 55.8 Å². The van der Waals surface area contributed by atoms with E-state index in [0.717, 1.165) is 41.0 Å². The summed E-state index contributed by atoms with van der Waals surface area (Å²) >= 11 is 6.38. The number of ether oxygens (including phenoxy) is 2. The minimum atomic E-state index is -0.843. The third-order valence-corrected chi connectivity index (χ3v) is 4.45. The predicted octanol–water partition coefficient (Wildman–Crippen LogP) is 2.86. The zero-order valence-electron chi connectivity index (χ0n) is 11.6. The van der Waals surface area contributed by atoms with Crippen LogP contribution in [-0.4, -0.2) is 24.3 Å². The molecular weight excluding hydrogens is 280 g/mol. The van der Waals surface area contributed by atoms with Crippen LogP contribution in [0, 0.1) is 5.41 Å². The summed E-state index contributed by atoms with van der Waals surface area (Å²) in [6.07, 6.45) is 1.94. The van der Waals surface area contributed by atoms with Crippen LogP contribution in [0.25, 0.3) is 0 Å². The van der Waals surface area contributed by atoms with Gasteiger partial charge < -0.3 is 14.6 Å². The smallest absolute Gasteiger partial charge is 0.309 e. The van der Waals surface area contributed by atoms with Gasteiger partial charge in [0.1, 0.15) is 11.5 Å². The van der Waals surface area contributed by atoms with E-state index in [0.29, 0.717) is 24.7 Å². The fourth-order valence-electron chi connectivity index (χ4n) is 2.85. The van der Waals surface area contributed by atoms with Gasteiger partial charge in [-0.2, -0.15) is 0 Å². The van der Waals surface area contributed by atoms with Crippen LogP contribution in [0.1, 0.15) is 30.5 Å². The molecule has 2 aliphatic rings. The second kappa shape index (κ2) is 4.55. The zero-order valence-corrected chi connectivity index (χ0v) is 12.3. The van der Waals surface area contributed by atoms with E-state index in [9.17, 15) is 9.90 Å². The minimum absolute atomic E-state index is 0.424. The summed E-state index contributed by atoms with van der Waals surface area (Å²) in [4.78, 5) is 11.4. The van der Waals surface area contributed by atoms with E-state index in [1.165, 1.54) is 0 Å². The van der Waals surface area contributed by atoms with Crippen molar-refractivity contribution in [2.45, 2.75) is 33.1 Å². The highest BCUT2D eigenvalue weighted by molar-refractivity contribution is 6.33. The van der Waals surface area contributed by atoms with E-state index in [1.54, 1.807) is 13.8 Å². The molecule has 2 aliphatic heterocycles. The van der Waals surface area contributed by atoms with Gasteiger partial charge in [0.15, 0.2) is 0 Å². The van der Waals surface area contributed by atoms with Gasteiger partial charge in [-0.3, -0.25) is 4.79 Å². The largest absolute Gasteiger partial charge is 0.493 e. The number of benzene rings is 1. The summed E-state index contributed by atoms with van der Waals surface area (Å²) in [6.45, 7) is 4.65. The number of hydrogen-bond acceptors (Lipinski definition) is 3. The Morgan fingerprint density at radius 1 is 1.20 bits per heavy atom. The summed E-state index contributed by atoms with van der Waals surface area (Å²) in [5, 5.41) is 10.00. The molecule has 0 bridgehead atoms. The summed E-state index contributed by atoms with van der Waals surface area (Å²) in [5.41, 5.74) is 2.10. The molecule has 1 aromatic carbocycles. The van der Waals surface area contributed by atoms with Crippen LogP contribution in [0.3, 0.4) is 0 Å². The highest BCUT2D eigenvalue weighted by Gasteiger charge is 2.36. The first kappa shape index (κ1) is 13.6. The van der Waals surface area contributed by atoms with Crippen LogP contribution < -0.4 is 9.47 Å². The zero-order chi connectivity index (χ0) is 14.5. The Labute approximate surface area is 122 Å². The quantitative estimate of drug-likeness (QED) is 0.932. The lowest BCUT2D eigenvalue weighted by Gasteiger charge is -2.22. The van der Waals surface area contributed by atoms with Crippen molar-refractivity contribution in [1.29, 1.82) is 0 Å². The summed E-state index contributed by atoms with van der Waals surface area (Å²) in [7, 11) is 0. The molecule has 0 aliphatic carbocycles. The second-order valence-corrected chi connectivity index (χ2v) is 6.35. The van der Waals surface area contributed by atoms with Crippen molar-refractivity contribution in [2.24, 2.45) is 5.41 Å². The van der Waals surface area contributed by atoms with E-state index in [2.05, 4.69) is 0 Å². The molecule has 2 heterocycles. The molecule has 20 heavy (non-hydrogen) atoms. The van der Waals surface area contributed by atoms with Crippen LogP contribution >= 0.6 is 11.6 Å². The molecular formula is C15H17ClO4. The fourth-order valence-corrected chi connectivity index (χ4v) is 3.20. The van der Waals surface area contributed by atoms with Crippen molar-refractivity contribution in [2.75, 3.05) is 13.2 Å². The van der Waals surface area contributed by atoms with Crippen LogP contribution in [0.5, 0.6) is 11.5 Å². The van der Waals surface area contributed by atoms with Gasteiger partial charge >= 0.3 is 5.97 Å². The maximum absolute atomic E-state index is 11.4. The number of hydrogen-bond donors (Lipinski definition) is 1. The van der Waals surface area contributed by atoms with Crippen molar-refractivity contribution < 1.29 is 19.4 Å². The lowest BCUT2D eigenvalue weighted by molar-refractivity contribution is -0.146. The van der Waals surface area contributed by atoms with Gasteiger partial charge in [0.05, 0.1) is 23.7 Å². The SMILES string of the molecule is CC(C)(Cc1c2c(c(Cl)c3c1OCC3)OCC2)C(=O)O. The molecule has 0 spiro atoms. The van der Waals surface area contributed by atoms with Gasteiger partial charge in [0, 0.05) is 29.5 Å². The number of aliphatic carboxylic acids is 1. The number of carboxylic acids is 1. The van der Waals surface area contributed by atoms with E-state index < -0.39 is 11.4 Å². The first-order chi connectivity index (χ1) is 9.42. The number of halogens is 1. The maximum atomic E-state index is 11.4. The monoisotopic (exact) mass is 296 g/mol. The summed E-state index contributed by atoms with van der Waals surface area (Å²) in [6, 6.07) is 0. The van der Waals surface area contributed by atoms with Crippen LogP contribution in [0.15, 0.2) is 0 Å².